The van der Waals surface area contributed by atoms with E-state index in [4.69, 9.17) is 5.11 Å². The van der Waals surface area contributed by atoms with Crippen molar-refractivity contribution in [1.29, 1.82) is 0 Å². The number of carboxylic acid groups (broad SMARTS) is 1. The summed E-state index contributed by atoms with van der Waals surface area (Å²) in [6.07, 6.45) is -4.38. The maximum absolute atomic E-state index is 13.0. The SMILES string of the molecule is CN(Cc1cc(F)ccc1C(=O)O)CC(F)(F)F. The second-order valence-electron chi connectivity index (χ2n) is 3.89. The Kier molecular flexibility index (Phi) is 4.28. The van der Waals surface area contributed by atoms with Crippen molar-refractivity contribution in [2.24, 2.45) is 0 Å². The highest BCUT2D eigenvalue weighted by Gasteiger charge is 2.29. The molecular weight excluding hydrogens is 254 g/mol. The lowest BCUT2D eigenvalue weighted by molar-refractivity contribution is -0.144. The molecule has 3 nitrogen and oxygen atoms in total. The predicted octanol–water partition coefficient (Wildman–Crippen LogP) is 2.52. The van der Waals surface area contributed by atoms with Gasteiger partial charge >= 0.3 is 12.1 Å². The molecule has 0 heterocycles. The third-order valence-electron chi connectivity index (χ3n) is 2.19. The molecule has 0 atom stereocenters. The van der Waals surface area contributed by atoms with Gasteiger partial charge in [0.15, 0.2) is 0 Å². The number of aromatic carboxylic acids is 1. The van der Waals surface area contributed by atoms with Crippen LogP contribution in [0, 0.1) is 5.82 Å². The first-order chi connectivity index (χ1) is 8.19. The van der Waals surface area contributed by atoms with E-state index in [1.165, 1.54) is 7.05 Å². The van der Waals surface area contributed by atoms with Crippen LogP contribution < -0.4 is 0 Å². The van der Waals surface area contributed by atoms with Crippen LogP contribution in [0.5, 0.6) is 0 Å². The Morgan fingerprint density at radius 1 is 1.39 bits per heavy atom. The molecule has 0 aliphatic heterocycles. The highest BCUT2D eigenvalue weighted by atomic mass is 19.4. The van der Waals surface area contributed by atoms with Crippen LogP contribution in [0.2, 0.25) is 0 Å². The Morgan fingerprint density at radius 2 is 2.00 bits per heavy atom. The third-order valence-corrected chi connectivity index (χ3v) is 2.19. The summed E-state index contributed by atoms with van der Waals surface area (Å²) in [5, 5.41) is 8.84. The topological polar surface area (TPSA) is 40.5 Å². The first-order valence-electron chi connectivity index (χ1n) is 4.96. The minimum absolute atomic E-state index is 0.00856. The summed E-state index contributed by atoms with van der Waals surface area (Å²) in [6.45, 7) is -1.48. The van der Waals surface area contributed by atoms with Crippen LogP contribution in [0.15, 0.2) is 18.2 Å². The van der Waals surface area contributed by atoms with Crippen molar-refractivity contribution >= 4 is 5.97 Å². The van der Waals surface area contributed by atoms with E-state index in [1.807, 2.05) is 0 Å². The number of carboxylic acids is 1. The van der Waals surface area contributed by atoms with Crippen LogP contribution in [0.1, 0.15) is 15.9 Å². The van der Waals surface area contributed by atoms with Gasteiger partial charge in [-0.2, -0.15) is 13.2 Å². The van der Waals surface area contributed by atoms with E-state index < -0.39 is 24.5 Å². The molecule has 0 aromatic heterocycles. The van der Waals surface area contributed by atoms with Crippen molar-refractivity contribution in [1.82, 2.24) is 4.90 Å². The van der Waals surface area contributed by atoms with E-state index in [1.54, 1.807) is 0 Å². The fraction of sp³-hybridized carbons (Fsp3) is 0.364. The van der Waals surface area contributed by atoms with Crippen LogP contribution >= 0.6 is 0 Å². The van der Waals surface area contributed by atoms with E-state index in [-0.39, 0.29) is 17.7 Å². The molecule has 1 aromatic carbocycles. The summed E-state index contributed by atoms with van der Waals surface area (Å²) in [4.78, 5) is 11.7. The van der Waals surface area contributed by atoms with Crippen LogP contribution in [0.25, 0.3) is 0 Å². The van der Waals surface area contributed by atoms with Crippen molar-refractivity contribution in [3.63, 3.8) is 0 Å². The van der Waals surface area contributed by atoms with E-state index in [0.717, 1.165) is 23.1 Å². The summed E-state index contributed by atoms with van der Waals surface area (Å²) < 4.78 is 49.3. The fourth-order valence-corrected chi connectivity index (χ4v) is 1.55. The molecule has 100 valence electrons. The zero-order valence-corrected chi connectivity index (χ0v) is 9.46. The molecule has 0 fully saturated rings. The third kappa shape index (κ3) is 4.33. The molecule has 0 aliphatic rings. The van der Waals surface area contributed by atoms with E-state index in [0.29, 0.717) is 0 Å². The largest absolute Gasteiger partial charge is 0.478 e. The molecule has 0 aliphatic carbocycles. The molecule has 0 unspecified atom stereocenters. The van der Waals surface area contributed by atoms with Gasteiger partial charge in [0.2, 0.25) is 0 Å². The Balaban J connectivity index is 2.89. The first-order valence-corrected chi connectivity index (χ1v) is 4.96. The van der Waals surface area contributed by atoms with Crippen LogP contribution in [0.4, 0.5) is 17.6 Å². The molecule has 1 N–H and O–H groups in total. The van der Waals surface area contributed by atoms with Gasteiger partial charge in [-0.05, 0) is 30.8 Å². The molecule has 18 heavy (non-hydrogen) atoms. The predicted molar refractivity (Wildman–Crippen MR) is 55.7 cm³/mol. The monoisotopic (exact) mass is 265 g/mol. The first kappa shape index (κ1) is 14.4. The Bertz CT molecular complexity index is 445. The minimum Gasteiger partial charge on any atom is -0.478 e. The summed E-state index contributed by atoms with van der Waals surface area (Å²) in [5.41, 5.74) is -0.195. The molecule has 0 amide bonds. The van der Waals surface area contributed by atoms with Crippen molar-refractivity contribution in [3.8, 4) is 0 Å². The number of hydrogen-bond acceptors (Lipinski definition) is 2. The van der Waals surface area contributed by atoms with Gasteiger partial charge in [0.25, 0.3) is 0 Å². The molecule has 1 aromatic rings. The van der Waals surface area contributed by atoms with Crippen molar-refractivity contribution in [2.75, 3.05) is 13.6 Å². The van der Waals surface area contributed by atoms with Crippen LogP contribution in [0.3, 0.4) is 0 Å². The molecule has 1 rings (SSSR count). The molecule has 0 saturated heterocycles. The van der Waals surface area contributed by atoms with Gasteiger partial charge in [-0.15, -0.1) is 0 Å². The van der Waals surface area contributed by atoms with Crippen molar-refractivity contribution in [3.05, 3.63) is 35.1 Å². The second-order valence-corrected chi connectivity index (χ2v) is 3.89. The highest BCUT2D eigenvalue weighted by Crippen LogP contribution is 2.19. The van der Waals surface area contributed by atoms with Crippen LogP contribution in [-0.4, -0.2) is 35.7 Å². The minimum atomic E-state index is -4.38. The number of carbonyl (C=O) groups is 1. The molecule has 0 bridgehead atoms. The number of halogens is 4. The van der Waals surface area contributed by atoms with E-state index in [2.05, 4.69) is 0 Å². The molecule has 0 saturated carbocycles. The number of alkyl halides is 3. The Hall–Kier alpha value is -1.63. The smallest absolute Gasteiger partial charge is 0.401 e. The van der Waals surface area contributed by atoms with Gasteiger partial charge in [-0.25, -0.2) is 9.18 Å². The van der Waals surface area contributed by atoms with Crippen molar-refractivity contribution < 1.29 is 27.5 Å². The second kappa shape index (κ2) is 5.34. The van der Waals surface area contributed by atoms with Gasteiger partial charge in [0, 0.05) is 6.54 Å². The van der Waals surface area contributed by atoms with Gasteiger partial charge in [0.05, 0.1) is 12.1 Å². The maximum atomic E-state index is 13.0. The average Bonchev–Trinajstić information content (AvgIpc) is 2.13. The Morgan fingerprint density at radius 3 is 2.50 bits per heavy atom. The zero-order valence-electron chi connectivity index (χ0n) is 9.46. The van der Waals surface area contributed by atoms with Crippen LogP contribution in [-0.2, 0) is 6.54 Å². The van der Waals surface area contributed by atoms with Crippen molar-refractivity contribution in [2.45, 2.75) is 12.7 Å². The molecular formula is C11H11F4NO2. The van der Waals surface area contributed by atoms with Gasteiger partial charge < -0.3 is 5.11 Å². The number of rotatable bonds is 4. The maximum Gasteiger partial charge on any atom is 0.401 e. The lowest BCUT2D eigenvalue weighted by Crippen LogP contribution is -2.31. The van der Waals surface area contributed by atoms with Gasteiger partial charge in [-0.3, -0.25) is 4.90 Å². The number of nitrogens with zero attached hydrogens (tertiary/aromatic N) is 1. The Labute approximate surface area is 101 Å². The summed E-state index contributed by atoms with van der Waals surface area (Å²) in [5.74, 6) is -1.99. The average molecular weight is 265 g/mol. The summed E-state index contributed by atoms with van der Waals surface area (Å²) in [6, 6.07) is 2.92. The zero-order chi connectivity index (χ0) is 13.9. The number of hydrogen-bond donors (Lipinski definition) is 1. The lowest BCUT2D eigenvalue weighted by Gasteiger charge is -2.19. The van der Waals surface area contributed by atoms with E-state index >= 15 is 0 Å². The summed E-state index contributed by atoms with van der Waals surface area (Å²) in [7, 11) is 1.18. The fourth-order valence-electron chi connectivity index (χ4n) is 1.55. The molecule has 7 heteroatoms. The lowest BCUT2D eigenvalue weighted by atomic mass is 10.1. The number of benzene rings is 1. The van der Waals surface area contributed by atoms with E-state index in [9.17, 15) is 22.4 Å². The standard InChI is InChI=1S/C11H11F4NO2/c1-16(6-11(13,14)15)5-7-4-8(12)2-3-9(7)10(17)18/h2-4H,5-6H2,1H3,(H,17,18). The van der Waals surface area contributed by atoms with Gasteiger partial charge in [0.1, 0.15) is 5.82 Å². The normalized spacial score (nSPS) is 11.9. The molecule has 0 spiro atoms. The summed E-state index contributed by atoms with van der Waals surface area (Å²) >= 11 is 0. The quantitative estimate of drug-likeness (QED) is 0.850. The molecule has 0 radical (unpaired) electrons. The highest BCUT2D eigenvalue weighted by molar-refractivity contribution is 5.89. The van der Waals surface area contributed by atoms with Gasteiger partial charge in [-0.1, -0.05) is 0 Å².